The Hall–Kier alpha value is -1.90. The second-order valence-electron chi connectivity index (χ2n) is 8.53. The fourth-order valence-corrected chi connectivity index (χ4v) is 5.02. The van der Waals surface area contributed by atoms with E-state index in [1.807, 2.05) is 0 Å². The number of rotatable bonds is 8. The summed E-state index contributed by atoms with van der Waals surface area (Å²) in [6, 6.07) is 4.73. The van der Waals surface area contributed by atoms with Crippen molar-refractivity contribution in [3.8, 4) is 5.75 Å². The van der Waals surface area contributed by atoms with Gasteiger partial charge >= 0.3 is 5.97 Å². The number of carbonyl (C=O) groups excluding carboxylic acids is 1. The van der Waals surface area contributed by atoms with Crippen molar-refractivity contribution in [2.75, 3.05) is 26.3 Å². The first-order valence-electron chi connectivity index (χ1n) is 10.3. The molecule has 1 aliphatic heterocycles. The van der Waals surface area contributed by atoms with E-state index >= 15 is 0 Å². The number of likely N-dealkylation sites (tertiary alicyclic amines) is 1. The van der Waals surface area contributed by atoms with E-state index < -0.39 is 11.8 Å². The number of halogens is 2. The van der Waals surface area contributed by atoms with E-state index in [1.54, 1.807) is 0 Å². The van der Waals surface area contributed by atoms with Crippen molar-refractivity contribution in [1.82, 2.24) is 10.2 Å². The smallest absolute Gasteiger partial charge is 0.329 e. The number of benzene rings is 1. The number of carboxylic acids is 1. The molecule has 3 aliphatic rings. The van der Waals surface area contributed by atoms with Crippen LogP contribution in [0.25, 0.3) is 0 Å². The molecule has 7 nitrogen and oxygen atoms in total. The number of hydrogen-bond donors (Lipinski definition) is 2. The minimum Gasteiger partial charge on any atom is -0.484 e. The molecule has 1 heterocycles. The quantitative estimate of drug-likeness (QED) is 0.645. The number of ether oxygens (including phenoxy) is 2. The van der Waals surface area contributed by atoms with Gasteiger partial charge in [-0.3, -0.25) is 9.69 Å². The van der Waals surface area contributed by atoms with Crippen LogP contribution in [0.5, 0.6) is 5.75 Å². The number of nitrogens with zero attached hydrogens (tertiary/aromatic N) is 1. The van der Waals surface area contributed by atoms with E-state index in [0.29, 0.717) is 17.9 Å². The van der Waals surface area contributed by atoms with Crippen molar-refractivity contribution in [2.24, 2.45) is 11.8 Å². The fraction of sp³-hybridized carbons (Fsp3) is 0.619. The summed E-state index contributed by atoms with van der Waals surface area (Å²) in [6.45, 7) is 1.67. The lowest BCUT2D eigenvalue weighted by Gasteiger charge is -2.41. The standard InChI is InChI=1S/C21H26ClFN2O5/c22-18-2-1-16(7-19(18)23)29-10-20(26)24-14-3-12-8-25(9-13(12)4-14)15-5-17(6-15)30-11-21(27)28/h1-2,7,12-15,17H,3-6,8-11H2,(H,24,26)(H,27,28)/t12-,13+,14+,15?,17?. The third-order valence-corrected chi connectivity index (χ3v) is 6.74. The van der Waals surface area contributed by atoms with E-state index in [4.69, 9.17) is 26.2 Å². The predicted molar refractivity (Wildman–Crippen MR) is 107 cm³/mol. The minimum atomic E-state index is -0.923. The van der Waals surface area contributed by atoms with Crippen molar-refractivity contribution < 1.29 is 28.6 Å². The minimum absolute atomic E-state index is 0.0172. The van der Waals surface area contributed by atoms with E-state index in [0.717, 1.165) is 38.8 Å². The van der Waals surface area contributed by atoms with Crippen LogP contribution < -0.4 is 10.1 Å². The maximum absolute atomic E-state index is 13.4. The Kier molecular flexibility index (Phi) is 6.46. The Morgan fingerprint density at radius 1 is 1.17 bits per heavy atom. The maximum atomic E-state index is 13.4. The molecule has 0 radical (unpaired) electrons. The Balaban J connectivity index is 1.15. The van der Waals surface area contributed by atoms with Crippen molar-refractivity contribution in [1.29, 1.82) is 0 Å². The van der Waals surface area contributed by atoms with Crippen LogP contribution in [0.1, 0.15) is 25.7 Å². The highest BCUT2D eigenvalue weighted by atomic mass is 35.5. The van der Waals surface area contributed by atoms with E-state index in [2.05, 4.69) is 10.2 Å². The summed E-state index contributed by atoms with van der Waals surface area (Å²) < 4.78 is 24.1. The van der Waals surface area contributed by atoms with Gasteiger partial charge < -0.3 is 19.9 Å². The summed E-state index contributed by atoms with van der Waals surface area (Å²) in [5.41, 5.74) is 0. The fourth-order valence-electron chi connectivity index (χ4n) is 4.90. The molecule has 4 rings (SSSR count). The summed E-state index contributed by atoms with van der Waals surface area (Å²) in [4.78, 5) is 25.3. The van der Waals surface area contributed by atoms with Crippen molar-refractivity contribution in [3.05, 3.63) is 29.0 Å². The Labute approximate surface area is 179 Å². The normalized spacial score (nSPS) is 30.5. The molecular formula is C21H26ClFN2O5. The average Bonchev–Trinajstić information content (AvgIpc) is 3.19. The van der Waals surface area contributed by atoms with Crippen molar-refractivity contribution >= 4 is 23.5 Å². The molecule has 3 fully saturated rings. The highest BCUT2D eigenvalue weighted by Crippen LogP contribution is 2.41. The van der Waals surface area contributed by atoms with Gasteiger partial charge in [-0.15, -0.1) is 0 Å². The summed E-state index contributed by atoms with van der Waals surface area (Å²) in [5, 5.41) is 11.7. The Morgan fingerprint density at radius 2 is 1.87 bits per heavy atom. The van der Waals surface area contributed by atoms with Crippen LogP contribution in [0, 0.1) is 17.7 Å². The molecule has 0 unspecified atom stereocenters. The van der Waals surface area contributed by atoms with Gasteiger partial charge in [0.15, 0.2) is 6.61 Å². The zero-order valence-electron chi connectivity index (χ0n) is 16.6. The van der Waals surface area contributed by atoms with Crippen LogP contribution in [0.2, 0.25) is 5.02 Å². The monoisotopic (exact) mass is 440 g/mol. The van der Waals surface area contributed by atoms with Gasteiger partial charge in [0.25, 0.3) is 5.91 Å². The predicted octanol–water partition coefficient (Wildman–Crippen LogP) is 2.32. The molecule has 3 atom stereocenters. The molecule has 164 valence electrons. The van der Waals surface area contributed by atoms with Gasteiger partial charge in [0.05, 0.1) is 11.1 Å². The molecule has 0 spiro atoms. The number of nitrogens with one attached hydrogen (secondary N) is 1. The molecule has 1 aromatic carbocycles. The third kappa shape index (κ3) is 5.04. The topological polar surface area (TPSA) is 88.1 Å². The van der Waals surface area contributed by atoms with Crippen molar-refractivity contribution in [2.45, 2.75) is 43.9 Å². The van der Waals surface area contributed by atoms with E-state index in [9.17, 15) is 14.0 Å². The van der Waals surface area contributed by atoms with Gasteiger partial charge in [-0.25, -0.2) is 9.18 Å². The molecule has 9 heteroatoms. The highest BCUT2D eigenvalue weighted by molar-refractivity contribution is 6.30. The summed E-state index contributed by atoms with van der Waals surface area (Å²) in [5.74, 6) is -0.287. The average molecular weight is 441 g/mol. The first kappa shape index (κ1) is 21.3. The zero-order chi connectivity index (χ0) is 21.3. The van der Waals surface area contributed by atoms with E-state index in [1.165, 1.54) is 18.2 Å². The van der Waals surface area contributed by atoms with Gasteiger partial charge in [0, 0.05) is 31.2 Å². The summed E-state index contributed by atoms with van der Waals surface area (Å²) in [7, 11) is 0. The molecule has 0 bridgehead atoms. The van der Waals surface area contributed by atoms with Crippen LogP contribution in [0.15, 0.2) is 18.2 Å². The number of aliphatic carboxylic acids is 1. The van der Waals surface area contributed by atoms with E-state index in [-0.39, 0.29) is 42.0 Å². The lowest BCUT2D eigenvalue weighted by Crippen LogP contribution is -2.48. The third-order valence-electron chi connectivity index (χ3n) is 6.43. The summed E-state index contributed by atoms with van der Waals surface area (Å²) in [6.07, 6.45) is 3.76. The number of carbonyl (C=O) groups is 2. The molecule has 1 amide bonds. The van der Waals surface area contributed by atoms with Crippen LogP contribution in [-0.4, -0.2) is 66.4 Å². The summed E-state index contributed by atoms with van der Waals surface area (Å²) >= 11 is 5.64. The Morgan fingerprint density at radius 3 is 2.50 bits per heavy atom. The molecule has 1 saturated heterocycles. The molecule has 0 aromatic heterocycles. The first-order valence-corrected chi connectivity index (χ1v) is 10.7. The number of fused-ring (bicyclic) bond motifs is 1. The first-order chi connectivity index (χ1) is 14.4. The zero-order valence-corrected chi connectivity index (χ0v) is 17.3. The van der Waals surface area contributed by atoms with Crippen LogP contribution in [0.4, 0.5) is 4.39 Å². The molecule has 2 saturated carbocycles. The molecule has 1 aromatic rings. The molecular weight excluding hydrogens is 415 g/mol. The second kappa shape index (κ2) is 9.08. The van der Waals surface area contributed by atoms with Gasteiger partial charge in [-0.1, -0.05) is 11.6 Å². The SMILES string of the molecule is O=C(O)COC1CC(N2C[C@H]3C[C@H](NC(=O)COc4ccc(Cl)c(F)c4)C[C@H]3C2)C1. The largest absolute Gasteiger partial charge is 0.484 e. The van der Waals surface area contributed by atoms with Gasteiger partial charge in [-0.05, 0) is 49.7 Å². The van der Waals surface area contributed by atoms with Crippen LogP contribution in [-0.2, 0) is 14.3 Å². The lowest BCUT2D eigenvalue weighted by atomic mass is 9.88. The van der Waals surface area contributed by atoms with Crippen LogP contribution in [0.3, 0.4) is 0 Å². The lowest BCUT2D eigenvalue weighted by molar-refractivity contribution is -0.148. The second-order valence-corrected chi connectivity index (χ2v) is 8.93. The molecule has 2 aliphatic carbocycles. The highest BCUT2D eigenvalue weighted by Gasteiger charge is 2.45. The van der Waals surface area contributed by atoms with Crippen LogP contribution >= 0.6 is 11.6 Å². The number of carboxylic acid groups (broad SMARTS) is 1. The van der Waals surface area contributed by atoms with Gasteiger partial charge in [0.1, 0.15) is 18.2 Å². The molecule has 30 heavy (non-hydrogen) atoms. The van der Waals surface area contributed by atoms with Gasteiger partial charge in [-0.2, -0.15) is 0 Å². The number of hydrogen-bond acceptors (Lipinski definition) is 5. The Bertz CT molecular complexity index is 790. The maximum Gasteiger partial charge on any atom is 0.329 e. The number of amides is 1. The van der Waals surface area contributed by atoms with Gasteiger partial charge in [0.2, 0.25) is 0 Å². The molecule has 2 N–H and O–H groups in total. The van der Waals surface area contributed by atoms with Crippen molar-refractivity contribution in [3.63, 3.8) is 0 Å².